The molecule has 23 heavy (non-hydrogen) atoms. The molecule has 0 radical (unpaired) electrons. The normalized spacial score (nSPS) is 11.2. The summed E-state index contributed by atoms with van der Waals surface area (Å²) in [6.07, 6.45) is 5.50. The molecular formula is C15H16N6O2. The lowest BCUT2D eigenvalue weighted by molar-refractivity contribution is 0.292. The third kappa shape index (κ3) is 2.91. The Morgan fingerprint density at radius 3 is 2.83 bits per heavy atom. The van der Waals surface area contributed by atoms with Crippen LogP contribution in [0.1, 0.15) is 18.1 Å². The lowest BCUT2D eigenvalue weighted by Crippen LogP contribution is -2.23. The number of aromatic nitrogens is 6. The van der Waals surface area contributed by atoms with Crippen LogP contribution in [0, 0.1) is 0 Å². The molecule has 0 saturated carbocycles. The number of tetrazole rings is 1. The van der Waals surface area contributed by atoms with Gasteiger partial charge >= 0.3 is 5.69 Å². The molecule has 118 valence electrons. The van der Waals surface area contributed by atoms with Gasteiger partial charge in [0.15, 0.2) is 0 Å². The average molecular weight is 312 g/mol. The van der Waals surface area contributed by atoms with Crippen LogP contribution in [0.15, 0.2) is 41.3 Å². The van der Waals surface area contributed by atoms with E-state index in [9.17, 15) is 4.79 Å². The molecule has 0 aliphatic carbocycles. The van der Waals surface area contributed by atoms with Crippen LogP contribution >= 0.6 is 0 Å². The van der Waals surface area contributed by atoms with Crippen molar-refractivity contribution in [3.05, 3.63) is 58.1 Å². The largest absolute Gasteiger partial charge is 0.473 e. The molecule has 1 aromatic carbocycles. The highest BCUT2D eigenvalue weighted by Crippen LogP contribution is 2.21. The molecule has 1 N–H and O–H groups in total. The van der Waals surface area contributed by atoms with Crippen molar-refractivity contribution in [3.8, 4) is 11.6 Å². The molecule has 3 rings (SSSR count). The zero-order valence-corrected chi connectivity index (χ0v) is 12.8. The zero-order valence-electron chi connectivity index (χ0n) is 12.8. The molecule has 0 spiro atoms. The van der Waals surface area contributed by atoms with Gasteiger partial charge in [0, 0.05) is 18.7 Å². The van der Waals surface area contributed by atoms with Crippen molar-refractivity contribution in [2.75, 3.05) is 0 Å². The van der Waals surface area contributed by atoms with Crippen LogP contribution in [0.2, 0.25) is 0 Å². The monoisotopic (exact) mass is 312 g/mol. The number of nitrogens with one attached hydrogen (secondary N) is 1. The summed E-state index contributed by atoms with van der Waals surface area (Å²) >= 11 is 0. The fraction of sp³-hybridized carbons (Fsp3) is 0.200. The standard InChI is InChI=1S/C15H16N6O2/c1-3-5-11-6-4-7-13(21-15(22)20(2)18-19-21)12(11)10-23-14-8-9-16-17-14/h3-9H,10H2,1-2H3,(H,16,17)/b5-3+. The Hall–Kier alpha value is -3.16. The molecule has 3 aromatic rings. The number of H-pyrrole nitrogens is 1. The lowest BCUT2D eigenvalue weighted by atomic mass is 10.1. The van der Waals surface area contributed by atoms with Crippen molar-refractivity contribution in [3.63, 3.8) is 0 Å². The number of allylic oxidation sites excluding steroid dienone is 1. The summed E-state index contributed by atoms with van der Waals surface area (Å²) < 4.78 is 8.15. The van der Waals surface area contributed by atoms with Gasteiger partial charge < -0.3 is 4.74 Å². The Morgan fingerprint density at radius 1 is 1.30 bits per heavy atom. The van der Waals surface area contributed by atoms with Crippen molar-refractivity contribution >= 4 is 6.08 Å². The van der Waals surface area contributed by atoms with E-state index in [1.165, 1.54) is 9.36 Å². The molecule has 0 aliphatic rings. The van der Waals surface area contributed by atoms with E-state index in [0.29, 0.717) is 11.6 Å². The second kappa shape index (κ2) is 6.30. The molecule has 0 unspecified atom stereocenters. The first-order chi connectivity index (χ1) is 11.2. The fourth-order valence-corrected chi connectivity index (χ4v) is 2.22. The fourth-order valence-electron chi connectivity index (χ4n) is 2.22. The van der Waals surface area contributed by atoms with Crippen molar-refractivity contribution < 1.29 is 4.74 Å². The van der Waals surface area contributed by atoms with E-state index >= 15 is 0 Å². The van der Waals surface area contributed by atoms with Crippen LogP contribution in [0.25, 0.3) is 11.8 Å². The molecule has 0 fully saturated rings. The summed E-state index contributed by atoms with van der Waals surface area (Å²) in [7, 11) is 1.56. The van der Waals surface area contributed by atoms with Gasteiger partial charge in [0.05, 0.1) is 11.9 Å². The second-order valence-electron chi connectivity index (χ2n) is 4.85. The number of benzene rings is 1. The Morgan fingerprint density at radius 2 is 2.17 bits per heavy atom. The van der Waals surface area contributed by atoms with Gasteiger partial charge in [-0.1, -0.05) is 24.3 Å². The van der Waals surface area contributed by atoms with E-state index in [1.807, 2.05) is 37.3 Å². The molecular weight excluding hydrogens is 296 g/mol. The Labute approximate surface area is 132 Å². The number of aryl methyl sites for hydroxylation is 1. The van der Waals surface area contributed by atoms with Gasteiger partial charge in [-0.2, -0.15) is 14.5 Å². The number of rotatable bonds is 5. The number of aromatic amines is 1. The predicted molar refractivity (Wildman–Crippen MR) is 84.2 cm³/mol. The van der Waals surface area contributed by atoms with E-state index in [2.05, 4.69) is 20.6 Å². The maximum absolute atomic E-state index is 12.1. The first kappa shape index (κ1) is 14.8. The maximum Gasteiger partial charge on any atom is 0.368 e. The second-order valence-corrected chi connectivity index (χ2v) is 4.85. The molecule has 8 nitrogen and oxygen atoms in total. The summed E-state index contributed by atoms with van der Waals surface area (Å²) in [6, 6.07) is 7.36. The van der Waals surface area contributed by atoms with Crippen molar-refractivity contribution in [1.82, 2.24) is 30.0 Å². The predicted octanol–water partition coefficient (Wildman–Crippen LogP) is 1.30. The minimum absolute atomic E-state index is 0.265. The first-order valence-electron chi connectivity index (χ1n) is 7.07. The Kier molecular flexibility index (Phi) is 4.05. The zero-order chi connectivity index (χ0) is 16.2. The van der Waals surface area contributed by atoms with Gasteiger partial charge in [-0.25, -0.2) is 9.89 Å². The van der Waals surface area contributed by atoms with Gasteiger partial charge in [-0.05, 0) is 29.0 Å². The highest BCUT2D eigenvalue weighted by Gasteiger charge is 2.14. The van der Waals surface area contributed by atoms with E-state index in [-0.39, 0.29) is 12.3 Å². The quantitative estimate of drug-likeness (QED) is 0.767. The first-order valence-corrected chi connectivity index (χ1v) is 7.07. The van der Waals surface area contributed by atoms with E-state index in [0.717, 1.165) is 11.1 Å². The molecule has 0 bridgehead atoms. The minimum atomic E-state index is -0.314. The Bertz CT molecular complexity index is 876. The Balaban J connectivity index is 2.06. The van der Waals surface area contributed by atoms with Crippen LogP contribution in [-0.2, 0) is 13.7 Å². The van der Waals surface area contributed by atoms with Crippen LogP contribution in [0.4, 0.5) is 0 Å². The number of nitrogens with zero attached hydrogens (tertiary/aromatic N) is 5. The molecule has 2 heterocycles. The maximum atomic E-state index is 12.1. The van der Waals surface area contributed by atoms with Gasteiger partial charge in [-0.3, -0.25) is 0 Å². The summed E-state index contributed by atoms with van der Waals surface area (Å²) in [6.45, 7) is 2.20. The smallest absolute Gasteiger partial charge is 0.368 e. The van der Waals surface area contributed by atoms with Crippen LogP contribution in [-0.4, -0.2) is 30.0 Å². The number of ether oxygens (including phenoxy) is 1. The molecule has 0 aliphatic heterocycles. The van der Waals surface area contributed by atoms with E-state index in [4.69, 9.17) is 4.74 Å². The highest BCUT2D eigenvalue weighted by atomic mass is 16.5. The SMILES string of the molecule is C/C=C/c1cccc(-n2nnn(C)c2=O)c1COc1ccn[nH]1. The third-order valence-corrected chi connectivity index (χ3v) is 3.33. The van der Waals surface area contributed by atoms with Gasteiger partial charge in [0.1, 0.15) is 6.61 Å². The van der Waals surface area contributed by atoms with Crippen LogP contribution < -0.4 is 10.4 Å². The molecule has 0 amide bonds. The highest BCUT2D eigenvalue weighted by molar-refractivity contribution is 5.59. The van der Waals surface area contributed by atoms with Crippen LogP contribution in [0.5, 0.6) is 5.88 Å². The minimum Gasteiger partial charge on any atom is -0.473 e. The van der Waals surface area contributed by atoms with Gasteiger partial charge in [0.2, 0.25) is 5.88 Å². The molecule has 0 atom stereocenters. The van der Waals surface area contributed by atoms with Crippen molar-refractivity contribution in [2.45, 2.75) is 13.5 Å². The lowest BCUT2D eigenvalue weighted by Gasteiger charge is -2.12. The summed E-state index contributed by atoms with van der Waals surface area (Å²) in [5.41, 5.74) is 2.11. The van der Waals surface area contributed by atoms with Crippen LogP contribution in [0.3, 0.4) is 0 Å². The van der Waals surface area contributed by atoms with Gasteiger partial charge in [-0.15, -0.1) is 0 Å². The van der Waals surface area contributed by atoms with Crippen molar-refractivity contribution in [1.29, 1.82) is 0 Å². The molecule has 0 saturated heterocycles. The van der Waals surface area contributed by atoms with Crippen molar-refractivity contribution in [2.24, 2.45) is 7.05 Å². The average Bonchev–Trinajstić information content (AvgIpc) is 3.18. The summed E-state index contributed by atoms with van der Waals surface area (Å²) in [5.74, 6) is 0.553. The van der Waals surface area contributed by atoms with Gasteiger partial charge in [0.25, 0.3) is 0 Å². The molecule has 2 aromatic heterocycles. The topological polar surface area (TPSA) is 90.6 Å². The summed E-state index contributed by atoms with van der Waals surface area (Å²) in [5, 5.41) is 14.3. The number of hydrogen-bond acceptors (Lipinski definition) is 5. The summed E-state index contributed by atoms with van der Waals surface area (Å²) in [4.78, 5) is 12.1. The molecule has 8 heteroatoms. The third-order valence-electron chi connectivity index (χ3n) is 3.33. The van der Waals surface area contributed by atoms with E-state index in [1.54, 1.807) is 19.3 Å². The number of hydrogen-bond donors (Lipinski definition) is 1. The van der Waals surface area contributed by atoms with E-state index < -0.39 is 0 Å².